The van der Waals surface area contributed by atoms with E-state index in [4.69, 9.17) is 10.5 Å². The smallest absolute Gasteiger partial charge is 0.0469 e. The first-order chi connectivity index (χ1) is 7.88. The molecule has 18 heavy (non-hydrogen) atoms. The second kappa shape index (κ2) is 10.2. The zero-order valence-corrected chi connectivity index (χ0v) is 12.7. The summed E-state index contributed by atoms with van der Waals surface area (Å²) in [7, 11) is 0. The van der Waals surface area contributed by atoms with E-state index >= 15 is 0 Å². The fourth-order valence-electron chi connectivity index (χ4n) is 2.67. The Morgan fingerprint density at radius 2 is 1.50 bits per heavy atom. The van der Waals surface area contributed by atoms with Gasteiger partial charge in [-0.25, -0.2) is 0 Å². The number of hydrogen-bond acceptors (Lipinski definition) is 4. The molecule has 6 heteroatoms. The molecule has 0 spiro atoms. The third kappa shape index (κ3) is 6.04. The summed E-state index contributed by atoms with van der Waals surface area (Å²) < 4.78 is 5.40. The predicted molar refractivity (Wildman–Crippen MR) is 80.0 cm³/mol. The van der Waals surface area contributed by atoms with Gasteiger partial charge in [-0.1, -0.05) is 0 Å². The van der Waals surface area contributed by atoms with Crippen LogP contribution < -0.4 is 5.73 Å². The van der Waals surface area contributed by atoms with Gasteiger partial charge in [-0.2, -0.15) is 0 Å². The summed E-state index contributed by atoms with van der Waals surface area (Å²) >= 11 is 0. The molecule has 2 rings (SSSR count). The molecule has 0 aliphatic carbocycles. The van der Waals surface area contributed by atoms with Crippen LogP contribution >= 0.6 is 24.8 Å². The fraction of sp³-hybridized carbons (Fsp3) is 1.00. The highest BCUT2D eigenvalue weighted by atomic mass is 35.5. The van der Waals surface area contributed by atoms with E-state index in [0.717, 1.165) is 32.2 Å². The fourth-order valence-corrected chi connectivity index (χ4v) is 2.67. The van der Waals surface area contributed by atoms with Crippen LogP contribution in [0.25, 0.3) is 0 Å². The quantitative estimate of drug-likeness (QED) is 0.835. The van der Waals surface area contributed by atoms with Gasteiger partial charge in [-0.15, -0.1) is 24.8 Å². The molecule has 110 valence electrons. The number of nitrogens with two attached hydrogens (primary N) is 1. The van der Waals surface area contributed by atoms with Gasteiger partial charge in [0.05, 0.1) is 0 Å². The van der Waals surface area contributed by atoms with Crippen molar-refractivity contribution in [3.8, 4) is 0 Å². The first-order valence-electron chi connectivity index (χ1n) is 6.61. The Hall–Kier alpha value is 0.420. The Morgan fingerprint density at radius 3 is 2.06 bits per heavy atom. The second-order valence-corrected chi connectivity index (χ2v) is 4.99. The molecule has 2 heterocycles. The minimum atomic E-state index is 0. The van der Waals surface area contributed by atoms with Crippen LogP contribution in [0.1, 0.15) is 12.8 Å². The zero-order chi connectivity index (χ0) is 11.2. The number of nitrogens with zero attached hydrogens (tertiary/aromatic N) is 2. The molecule has 2 aliphatic rings. The molecule has 0 aromatic carbocycles. The first-order valence-corrected chi connectivity index (χ1v) is 6.61. The van der Waals surface area contributed by atoms with E-state index < -0.39 is 0 Å². The first kappa shape index (κ1) is 18.4. The predicted octanol–water partition coefficient (Wildman–Crippen LogP) is 0.833. The maximum atomic E-state index is 5.57. The van der Waals surface area contributed by atoms with Gasteiger partial charge in [0.15, 0.2) is 0 Å². The highest BCUT2D eigenvalue weighted by Crippen LogP contribution is 2.16. The molecule has 2 saturated heterocycles. The molecule has 2 aliphatic heterocycles. The lowest BCUT2D eigenvalue weighted by atomic mass is 9.99. The molecular weight excluding hydrogens is 273 g/mol. The van der Waals surface area contributed by atoms with Gasteiger partial charge in [0, 0.05) is 59.0 Å². The second-order valence-electron chi connectivity index (χ2n) is 4.99. The Balaban J connectivity index is 0.00000144. The maximum absolute atomic E-state index is 5.57. The number of piperazine rings is 1. The van der Waals surface area contributed by atoms with Crippen molar-refractivity contribution in [1.82, 2.24) is 9.80 Å². The minimum absolute atomic E-state index is 0. The van der Waals surface area contributed by atoms with Crippen LogP contribution in [0.2, 0.25) is 0 Å². The molecule has 2 fully saturated rings. The van der Waals surface area contributed by atoms with Gasteiger partial charge in [0.1, 0.15) is 0 Å². The molecule has 0 saturated carbocycles. The van der Waals surface area contributed by atoms with Gasteiger partial charge in [-0.05, 0) is 18.8 Å². The topological polar surface area (TPSA) is 41.7 Å². The van der Waals surface area contributed by atoms with Crippen molar-refractivity contribution in [2.24, 2.45) is 11.7 Å². The molecule has 0 unspecified atom stereocenters. The molecule has 2 N–H and O–H groups in total. The lowest BCUT2D eigenvalue weighted by Gasteiger charge is -2.37. The molecule has 0 aromatic rings. The summed E-state index contributed by atoms with van der Waals surface area (Å²) in [6, 6.07) is 0. The van der Waals surface area contributed by atoms with Gasteiger partial charge in [0.2, 0.25) is 0 Å². The van der Waals surface area contributed by atoms with E-state index in [9.17, 15) is 0 Å². The van der Waals surface area contributed by atoms with Crippen molar-refractivity contribution >= 4 is 24.8 Å². The van der Waals surface area contributed by atoms with E-state index in [2.05, 4.69) is 9.80 Å². The van der Waals surface area contributed by atoms with Crippen LogP contribution in [-0.4, -0.2) is 68.8 Å². The van der Waals surface area contributed by atoms with E-state index in [1.807, 2.05) is 0 Å². The van der Waals surface area contributed by atoms with Crippen LogP contribution in [-0.2, 0) is 4.74 Å². The summed E-state index contributed by atoms with van der Waals surface area (Å²) in [6.07, 6.45) is 2.51. The van der Waals surface area contributed by atoms with E-state index in [0.29, 0.717) is 0 Å². The largest absolute Gasteiger partial charge is 0.381 e. The van der Waals surface area contributed by atoms with E-state index in [1.54, 1.807) is 0 Å². The van der Waals surface area contributed by atoms with Crippen LogP contribution in [0.3, 0.4) is 0 Å². The summed E-state index contributed by atoms with van der Waals surface area (Å²) in [4.78, 5) is 5.09. The third-order valence-corrected chi connectivity index (χ3v) is 3.77. The standard InChI is InChI=1S/C12H25N3O.2ClH/c13-3-4-14-5-7-15(8-6-14)11-12-1-9-16-10-2-12;;/h12H,1-11,13H2;2*1H. The Bertz CT molecular complexity index is 196. The van der Waals surface area contributed by atoms with Crippen LogP contribution in [0.4, 0.5) is 0 Å². The van der Waals surface area contributed by atoms with Crippen molar-refractivity contribution in [2.45, 2.75) is 12.8 Å². The van der Waals surface area contributed by atoms with Crippen LogP contribution in [0, 0.1) is 5.92 Å². The van der Waals surface area contributed by atoms with Gasteiger partial charge >= 0.3 is 0 Å². The molecule has 0 bridgehead atoms. The molecule has 0 atom stereocenters. The Kier molecular flexibility index (Phi) is 10.5. The molecule has 0 radical (unpaired) electrons. The van der Waals surface area contributed by atoms with Gasteiger partial charge < -0.3 is 15.4 Å². The van der Waals surface area contributed by atoms with Crippen LogP contribution in [0.5, 0.6) is 0 Å². The zero-order valence-electron chi connectivity index (χ0n) is 11.1. The highest BCUT2D eigenvalue weighted by Gasteiger charge is 2.21. The Morgan fingerprint density at radius 1 is 0.944 bits per heavy atom. The number of rotatable bonds is 4. The lowest BCUT2D eigenvalue weighted by molar-refractivity contribution is 0.0426. The SMILES string of the molecule is Cl.Cl.NCCN1CCN(CC2CCOCC2)CC1. The van der Waals surface area contributed by atoms with E-state index in [1.165, 1.54) is 45.6 Å². The molecule has 0 aromatic heterocycles. The summed E-state index contributed by atoms with van der Waals surface area (Å²) in [6.45, 7) is 9.90. The molecular formula is C12H27Cl2N3O. The normalized spacial score (nSPS) is 23.2. The number of ether oxygens (including phenoxy) is 1. The number of halogens is 2. The summed E-state index contributed by atoms with van der Waals surface area (Å²) in [5.74, 6) is 0.870. The molecule has 4 nitrogen and oxygen atoms in total. The van der Waals surface area contributed by atoms with Crippen molar-refractivity contribution in [2.75, 3.05) is 59.0 Å². The van der Waals surface area contributed by atoms with Gasteiger partial charge in [0.25, 0.3) is 0 Å². The monoisotopic (exact) mass is 299 g/mol. The van der Waals surface area contributed by atoms with Crippen molar-refractivity contribution in [1.29, 1.82) is 0 Å². The highest BCUT2D eigenvalue weighted by molar-refractivity contribution is 5.85. The lowest BCUT2D eigenvalue weighted by Crippen LogP contribution is -2.49. The Labute approximate surface area is 123 Å². The van der Waals surface area contributed by atoms with Crippen molar-refractivity contribution < 1.29 is 4.74 Å². The molecule has 0 amide bonds. The number of hydrogen-bond donors (Lipinski definition) is 1. The van der Waals surface area contributed by atoms with Crippen molar-refractivity contribution in [3.05, 3.63) is 0 Å². The summed E-state index contributed by atoms with van der Waals surface area (Å²) in [5, 5.41) is 0. The van der Waals surface area contributed by atoms with Crippen LogP contribution in [0.15, 0.2) is 0 Å². The average molecular weight is 300 g/mol. The third-order valence-electron chi connectivity index (χ3n) is 3.77. The van der Waals surface area contributed by atoms with Gasteiger partial charge in [-0.3, -0.25) is 4.90 Å². The maximum Gasteiger partial charge on any atom is 0.0469 e. The van der Waals surface area contributed by atoms with E-state index in [-0.39, 0.29) is 24.8 Å². The van der Waals surface area contributed by atoms with Crippen molar-refractivity contribution in [3.63, 3.8) is 0 Å². The summed E-state index contributed by atoms with van der Waals surface area (Å²) in [5.41, 5.74) is 5.57. The average Bonchev–Trinajstić information content (AvgIpc) is 2.33. The minimum Gasteiger partial charge on any atom is -0.381 e.